The molecular weight excluding hydrogens is 344 g/mol. The Morgan fingerprint density at radius 3 is 2.75 bits per heavy atom. The molecule has 3 nitrogen and oxygen atoms in total. The van der Waals surface area contributed by atoms with Crippen LogP contribution in [-0.2, 0) is 6.54 Å². The van der Waals surface area contributed by atoms with E-state index in [1.807, 2.05) is 6.92 Å². The van der Waals surface area contributed by atoms with E-state index in [1.54, 1.807) is 6.20 Å². The molecule has 0 aliphatic heterocycles. The second-order valence-corrected chi connectivity index (χ2v) is 5.96. The fraction of sp³-hybridized carbons (Fsp3) is 0.250. The normalized spacial score (nSPS) is 12.0. The van der Waals surface area contributed by atoms with Gasteiger partial charge in [-0.1, -0.05) is 23.2 Å². The molecule has 1 atom stereocenters. The zero-order valence-electron chi connectivity index (χ0n) is 10.5. The minimum atomic E-state index is -0.475. The highest BCUT2D eigenvalue weighted by Crippen LogP contribution is 2.32. The van der Waals surface area contributed by atoms with Crippen LogP contribution in [0.3, 0.4) is 0 Å². The molecule has 1 unspecified atom stereocenters. The van der Waals surface area contributed by atoms with Crippen molar-refractivity contribution in [2.45, 2.75) is 19.5 Å². The SMILES string of the molecule is CC(NCc1cnc(N)s1)c1c(Cl)ccc(F)c1Cl.Cl. The van der Waals surface area contributed by atoms with Gasteiger partial charge in [-0.15, -0.1) is 23.7 Å². The van der Waals surface area contributed by atoms with Crippen LogP contribution in [0.1, 0.15) is 23.4 Å². The Balaban J connectivity index is 0.00000200. The number of benzene rings is 1. The Morgan fingerprint density at radius 2 is 2.15 bits per heavy atom. The summed E-state index contributed by atoms with van der Waals surface area (Å²) >= 11 is 13.4. The van der Waals surface area contributed by atoms with Crippen molar-refractivity contribution in [3.8, 4) is 0 Å². The minimum Gasteiger partial charge on any atom is -0.375 e. The molecule has 0 fully saturated rings. The highest BCUT2D eigenvalue weighted by Gasteiger charge is 2.16. The van der Waals surface area contributed by atoms with Crippen molar-refractivity contribution >= 4 is 52.1 Å². The molecule has 110 valence electrons. The molecule has 0 saturated heterocycles. The molecular formula is C12H13Cl3FN3S. The maximum Gasteiger partial charge on any atom is 0.180 e. The molecule has 2 rings (SSSR count). The van der Waals surface area contributed by atoms with Crippen molar-refractivity contribution in [2.24, 2.45) is 0 Å². The predicted octanol–water partition coefficient (Wildman–Crippen LogP) is 4.44. The fourth-order valence-corrected chi connectivity index (χ4v) is 3.03. The van der Waals surface area contributed by atoms with Gasteiger partial charge in [0.2, 0.25) is 0 Å². The number of hydrogen-bond donors (Lipinski definition) is 2. The van der Waals surface area contributed by atoms with E-state index in [-0.39, 0.29) is 23.5 Å². The van der Waals surface area contributed by atoms with Crippen LogP contribution in [0, 0.1) is 5.82 Å². The molecule has 0 bridgehead atoms. The monoisotopic (exact) mass is 355 g/mol. The number of halogens is 4. The van der Waals surface area contributed by atoms with Gasteiger partial charge in [0.1, 0.15) is 5.82 Å². The number of nitrogens with one attached hydrogen (secondary N) is 1. The zero-order chi connectivity index (χ0) is 14.0. The van der Waals surface area contributed by atoms with Crippen molar-refractivity contribution in [3.63, 3.8) is 0 Å². The van der Waals surface area contributed by atoms with Crippen molar-refractivity contribution < 1.29 is 4.39 Å². The molecule has 1 aromatic carbocycles. The third-order valence-corrected chi connectivity index (χ3v) is 4.21. The van der Waals surface area contributed by atoms with Crippen LogP contribution in [0.5, 0.6) is 0 Å². The molecule has 0 saturated carbocycles. The lowest BCUT2D eigenvalue weighted by Crippen LogP contribution is -2.18. The number of nitrogens with two attached hydrogens (primary N) is 1. The second-order valence-electron chi connectivity index (χ2n) is 4.02. The van der Waals surface area contributed by atoms with Crippen LogP contribution in [0.25, 0.3) is 0 Å². The number of nitrogen functional groups attached to an aromatic ring is 1. The molecule has 1 aromatic heterocycles. The average molecular weight is 357 g/mol. The standard InChI is InChI=1S/C12H12Cl2FN3S.ClH/c1-6(17-4-7-5-18-12(16)19-7)10-8(13)2-3-9(15)11(10)14;/h2-3,5-6,17H,4H2,1H3,(H2,16,18);1H. The molecule has 0 amide bonds. The Labute approximate surface area is 136 Å². The minimum absolute atomic E-state index is 0. The van der Waals surface area contributed by atoms with Crippen LogP contribution in [0.4, 0.5) is 9.52 Å². The van der Waals surface area contributed by atoms with Gasteiger partial charge < -0.3 is 11.1 Å². The van der Waals surface area contributed by atoms with E-state index in [1.165, 1.54) is 23.5 Å². The number of thiazole rings is 1. The van der Waals surface area contributed by atoms with Crippen LogP contribution in [0.2, 0.25) is 10.0 Å². The number of rotatable bonds is 4. The molecule has 3 N–H and O–H groups in total. The molecule has 0 aliphatic carbocycles. The molecule has 0 spiro atoms. The Morgan fingerprint density at radius 1 is 1.45 bits per heavy atom. The number of aromatic nitrogens is 1. The summed E-state index contributed by atoms with van der Waals surface area (Å²) in [6.45, 7) is 2.44. The second kappa shape index (κ2) is 7.43. The van der Waals surface area contributed by atoms with E-state index < -0.39 is 5.82 Å². The zero-order valence-corrected chi connectivity index (χ0v) is 13.6. The van der Waals surface area contributed by atoms with Crippen molar-refractivity contribution in [1.82, 2.24) is 10.3 Å². The van der Waals surface area contributed by atoms with Crippen molar-refractivity contribution in [2.75, 3.05) is 5.73 Å². The summed E-state index contributed by atoms with van der Waals surface area (Å²) in [5, 5.41) is 4.23. The lowest BCUT2D eigenvalue weighted by atomic mass is 10.1. The topological polar surface area (TPSA) is 50.9 Å². The quantitative estimate of drug-likeness (QED) is 0.796. The van der Waals surface area contributed by atoms with Gasteiger partial charge in [0.05, 0.1) is 5.02 Å². The molecule has 20 heavy (non-hydrogen) atoms. The van der Waals surface area contributed by atoms with Gasteiger partial charge in [-0.3, -0.25) is 0 Å². The summed E-state index contributed by atoms with van der Waals surface area (Å²) < 4.78 is 13.4. The lowest BCUT2D eigenvalue weighted by molar-refractivity contribution is 0.568. The van der Waals surface area contributed by atoms with E-state index in [9.17, 15) is 4.39 Å². The van der Waals surface area contributed by atoms with Gasteiger partial charge >= 0.3 is 0 Å². The first-order valence-electron chi connectivity index (χ1n) is 5.56. The Hall–Kier alpha value is -0.590. The third-order valence-electron chi connectivity index (χ3n) is 2.67. The summed E-state index contributed by atoms with van der Waals surface area (Å²) in [6.07, 6.45) is 1.70. The van der Waals surface area contributed by atoms with Gasteiger partial charge in [0, 0.05) is 34.2 Å². The summed E-state index contributed by atoms with van der Waals surface area (Å²) in [6, 6.07) is 2.57. The lowest BCUT2D eigenvalue weighted by Gasteiger charge is -2.17. The highest BCUT2D eigenvalue weighted by atomic mass is 35.5. The predicted molar refractivity (Wildman–Crippen MR) is 85.4 cm³/mol. The summed E-state index contributed by atoms with van der Waals surface area (Å²) in [5.41, 5.74) is 6.11. The van der Waals surface area contributed by atoms with Crippen LogP contribution in [-0.4, -0.2) is 4.98 Å². The van der Waals surface area contributed by atoms with Gasteiger partial charge in [-0.05, 0) is 19.1 Å². The van der Waals surface area contributed by atoms with E-state index >= 15 is 0 Å². The molecule has 1 heterocycles. The smallest absolute Gasteiger partial charge is 0.180 e. The maximum absolute atomic E-state index is 13.4. The van der Waals surface area contributed by atoms with Gasteiger partial charge in [0.15, 0.2) is 5.13 Å². The van der Waals surface area contributed by atoms with Crippen molar-refractivity contribution in [3.05, 3.63) is 44.6 Å². The number of hydrogen-bond acceptors (Lipinski definition) is 4. The first-order valence-corrected chi connectivity index (χ1v) is 7.13. The van der Waals surface area contributed by atoms with Gasteiger partial charge in [-0.2, -0.15) is 0 Å². The first-order chi connectivity index (χ1) is 8.99. The van der Waals surface area contributed by atoms with Crippen LogP contribution >= 0.6 is 46.9 Å². The third kappa shape index (κ3) is 3.96. The number of anilines is 1. The van der Waals surface area contributed by atoms with Crippen LogP contribution in [0.15, 0.2) is 18.3 Å². The molecule has 0 aliphatic rings. The Bertz CT molecular complexity index is 591. The van der Waals surface area contributed by atoms with Crippen molar-refractivity contribution in [1.29, 1.82) is 0 Å². The fourth-order valence-electron chi connectivity index (χ4n) is 1.70. The van der Waals surface area contributed by atoms with E-state index in [0.717, 1.165) is 4.88 Å². The van der Waals surface area contributed by atoms with Gasteiger partial charge in [-0.25, -0.2) is 9.37 Å². The summed E-state index contributed by atoms with van der Waals surface area (Å²) in [7, 11) is 0. The average Bonchev–Trinajstić information content (AvgIpc) is 2.78. The van der Waals surface area contributed by atoms with Gasteiger partial charge in [0.25, 0.3) is 0 Å². The Kier molecular flexibility index (Phi) is 6.48. The van der Waals surface area contributed by atoms with Crippen LogP contribution < -0.4 is 11.1 Å². The first kappa shape index (κ1) is 17.5. The van der Waals surface area contributed by atoms with E-state index in [0.29, 0.717) is 22.3 Å². The largest absolute Gasteiger partial charge is 0.375 e. The molecule has 0 radical (unpaired) electrons. The number of nitrogens with zero attached hydrogens (tertiary/aromatic N) is 1. The highest BCUT2D eigenvalue weighted by molar-refractivity contribution is 7.15. The summed E-state index contributed by atoms with van der Waals surface area (Å²) in [4.78, 5) is 4.95. The van der Waals surface area contributed by atoms with E-state index in [4.69, 9.17) is 28.9 Å². The maximum atomic E-state index is 13.4. The summed E-state index contributed by atoms with van der Waals surface area (Å²) in [5.74, 6) is -0.475. The van der Waals surface area contributed by atoms with E-state index in [2.05, 4.69) is 10.3 Å². The molecule has 2 aromatic rings. The molecule has 8 heteroatoms.